The Labute approximate surface area is 132 Å². The van der Waals surface area contributed by atoms with E-state index in [1.807, 2.05) is 6.92 Å². The van der Waals surface area contributed by atoms with Gasteiger partial charge in [-0.25, -0.2) is 4.98 Å². The Morgan fingerprint density at radius 3 is 2.55 bits per heavy atom. The Morgan fingerprint density at radius 1 is 1.14 bits per heavy atom. The minimum atomic E-state index is 0.111. The summed E-state index contributed by atoms with van der Waals surface area (Å²) in [6, 6.07) is 0. The minimum absolute atomic E-state index is 0.111. The minimum Gasteiger partial charge on any atom is -0.381 e. The molecule has 0 atom stereocenters. The Morgan fingerprint density at radius 2 is 1.82 bits per heavy atom. The molecule has 0 saturated carbocycles. The Balaban J connectivity index is 1.47. The van der Waals surface area contributed by atoms with Crippen molar-refractivity contribution in [2.45, 2.75) is 39.2 Å². The molecule has 0 unspecified atom stereocenters. The van der Waals surface area contributed by atoms with Crippen LogP contribution in [0.5, 0.6) is 0 Å². The topological polar surface area (TPSA) is 47.4 Å². The number of hydrogen-bond donors (Lipinski definition) is 0. The SMILES string of the molecule is Cc1cncn(CC2CCN(CC3CCOCC3)CC2)c1=O. The average Bonchev–Trinajstić information content (AvgIpc) is 2.55. The van der Waals surface area contributed by atoms with Crippen molar-refractivity contribution >= 4 is 0 Å². The second kappa shape index (κ2) is 7.38. The smallest absolute Gasteiger partial charge is 0.256 e. The molecule has 2 aliphatic rings. The maximum Gasteiger partial charge on any atom is 0.256 e. The fraction of sp³-hybridized carbons (Fsp3) is 0.765. The van der Waals surface area contributed by atoms with Crippen LogP contribution >= 0.6 is 0 Å². The summed E-state index contributed by atoms with van der Waals surface area (Å²) < 4.78 is 7.22. The first-order valence-electron chi connectivity index (χ1n) is 8.53. The van der Waals surface area contributed by atoms with Gasteiger partial charge in [0.25, 0.3) is 5.56 Å². The number of likely N-dealkylation sites (tertiary alicyclic amines) is 1. The van der Waals surface area contributed by atoms with E-state index >= 15 is 0 Å². The van der Waals surface area contributed by atoms with E-state index in [2.05, 4.69) is 9.88 Å². The first-order chi connectivity index (χ1) is 10.7. The highest BCUT2D eigenvalue weighted by Gasteiger charge is 2.23. The van der Waals surface area contributed by atoms with Crippen LogP contribution in [-0.4, -0.2) is 47.3 Å². The van der Waals surface area contributed by atoms with Crippen LogP contribution in [0.2, 0.25) is 0 Å². The predicted molar refractivity (Wildman–Crippen MR) is 85.9 cm³/mol. The zero-order chi connectivity index (χ0) is 15.4. The van der Waals surface area contributed by atoms with Crippen LogP contribution in [0.3, 0.4) is 0 Å². The molecule has 2 fully saturated rings. The van der Waals surface area contributed by atoms with Crippen LogP contribution in [0.4, 0.5) is 0 Å². The third kappa shape index (κ3) is 3.96. The lowest BCUT2D eigenvalue weighted by Gasteiger charge is -2.35. The number of aromatic nitrogens is 2. The van der Waals surface area contributed by atoms with Crippen LogP contribution < -0.4 is 5.56 Å². The number of rotatable bonds is 4. The highest BCUT2D eigenvalue weighted by atomic mass is 16.5. The van der Waals surface area contributed by atoms with E-state index in [9.17, 15) is 4.79 Å². The molecule has 22 heavy (non-hydrogen) atoms. The lowest BCUT2D eigenvalue weighted by molar-refractivity contribution is 0.0461. The molecule has 1 aromatic heterocycles. The van der Waals surface area contributed by atoms with Gasteiger partial charge in [-0.05, 0) is 57.5 Å². The van der Waals surface area contributed by atoms with Gasteiger partial charge in [-0.2, -0.15) is 0 Å². The molecule has 3 rings (SSSR count). The van der Waals surface area contributed by atoms with Gasteiger partial charge in [0.05, 0.1) is 6.33 Å². The molecule has 5 nitrogen and oxygen atoms in total. The molecule has 3 heterocycles. The highest BCUT2D eigenvalue weighted by Crippen LogP contribution is 2.22. The van der Waals surface area contributed by atoms with Gasteiger partial charge < -0.3 is 9.64 Å². The van der Waals surface area contributed by atoms with E-state index < -0.39 is 0 Å². The molecule has 0 bridgehead atoms. The van der Waals surface area contributed by atoms with Gasteiger partial charge in [0.15, 0.2) is 0 Å². The lowest BCUT2D eigenvalue weighted by atomic mass is 9.94. The van der Waals surface area contributed by atoms with Crippen LogP contribution in [-0.2, 0) is 11.3 Å². The summed E-state index contributed by atoms with van der Waals surface area (Å²) in [5.41, 5.74) is 0.846. The van der Waals surface area contributed by atoms with Crippen molar-refractivity contribution in [3.8, 4) is 0 Å². The van der Waals surface area contributed by atoms with Gasteiger partial charge in [-0.3, -0.25) is 9.36 Å². The summed E-state index contributed by atoms with van der Waals surface area (Å²) in [6.07, 6.45) is 8.13. The van der Waals surface area contributed by atoms with Crippen molar-refractivity contribution in [2.24, 2.45) is 11.8 Å². The molecule has 0 radical (unpaired) electrons. The summed E-state index contributed by atoms with van der Waals surface area (Å²) in [5.74, 6) is 1.42. The largest absolute Gasteiger partial charge is 0.381 e. The second-order valence-electron chi connectivity index (χ2n) is 6.83. The van der Waals surface area contributed by atoms with Crippen LogP contribution in [0.15, 0.2) is 17.3 Å². The first kappa shape index (κ1) is 15.7. The van der Waals surface area contributed by atoms with E-state index in [4.69, 9.17) is 4.74 Å². The predicted octanol–water partition coefficient (Wildman–Crippen LogP) is 1.69. The summed E-state index contributed by atoms with van der Waals surface area (Å²) in [5, 5.41) is 0. The van der Waals surface area contributed by atoms with Gasteiger partial charge in [-0.1, -0.05) is 0 Å². The van der Waals surface area contributed by atoms with Gasteiger partial charge in [0.2, 0.25) is 0 Å². The zero-order valence-electron chi connectivity index (χ0n) is 13.5. The van der Waals surface area contributed by atoms with Gasteiger partial charge in [0.1, 0.15) is 0 Å². The fourth-order valence-electron chi connectivity index (χ4n) is 3.61. The maximum atomic E-state index is 12.1. The van der Waals surface area contributed by atoms with Gasteiger partial charge >= 0.3 is 0 Å². The molecule has 0 amide bonds. The van der Waals surface area contributed by atoms with E-state index in [0.29, 0.717) is 5.92 Å². The van der Waals surface area contributed by atoms with Crippen molar-refractivity contribution in [1.29, 1.82) is 0 Å². The zero-order valence-corrected chi connectivity index (χ0v) is 13.5. The van der Waals surface area contributed by atoms with Gasteiger partial charge in [0, 0.05) is 38.1 Å². The summed E-state index contributed by atoms with van der Waals surface area (Å²) in [4.78, 5) is 18.8. The Bertz CT molecular complexity index is 529. The number of aryl methyl sites for hydroxylation is 1. The Hall–Kier alpha value is -1.20. The molecule has 0 spiro atoms. The molecule has 0 N–H and O–H groups in total. The number of ether oxygens (including phenoxy) is 1. The molecule has 2 saturated heterocycles. The molecule has 0 aromatic carbocycles. The normalized spacial score (nSPS) is 22.0. The first-order valence-corrected chi connectivity index (χ1v) is 8.53. The monoisotopic (exact) mass is 305 g/mol. The fourth-order valence-corrected chi connectivity index (χ4v) is 3.61. The van der Waals surface area contributed by atoms with Crippen molar-refractivity contribution in [3.63, 3.8) is 0 Å². The van der Waals surface area contributed by atoms with E-state index in [-0.39, 0.29) is 5.56 Å². The summed E-state index contributed by atoms with van der Waals surface area (Å²) in [7, 11) is 0. The van der Waals surface area contributed by atoms with Crippen molar-refractivity contribution < 1.29 is 4.74 Å². The quantitative estimate of drug-likeness (QED) is 0.849. The Kier molecular flexibility index (Phi) is 5.26. The second-order valence-corrected chi connectivity index (χ2v) is 6.83. The summed E-state index contributed by atoms with van der Waals surface area (Å²) >= 11 is 0. The van der Waals surface area contributed by atoms with E-state index in [1.54, 1.807) is 17.1 Å². The molecule has 122 valence electrons. The van der Waals surface area contributed by atoms with Crippen molar-refractivity contribution in [2.75, 3.05) is 32.8 Å². The van der Waals surface area contributed by atoms with E-state index in [1.165, 1.54) is 32.2 Å². The summed E-state index contributed by atoms with van der Waals surface area (Å²) in [6.45, 7) is 8.07. The van der Waals surface area contributed by atoms with Crippen LogP contribution in [0, 0.1) is 18.8 Å². The van der Waals surface area contributed by atoms with Crippen LogP contribution in [0.25, 0.3) is 0 Å². The molecular formula is C17H27N3O2. The molecule has 2 aliphatic heterocycles. The molecule has 5 heteroatoms. The standard InChI is InChI=1S/C17H27N3O2/c1-14-10-18-13-20(17(14)21)12-15-2-6-19(7-3-15)11-16-4-8-22-9-5-16/h10,13,15-16H,2-9,11-12H2,1H3. The number of piperidine rings is 1. The third-order valence-electron chi connectivity index (χ3n) is 5.09. The molecule has 0 aliphatic carbocycles. The third-order valence-corrected chi connectivity index (χ3v) is 5.09. The maximum absolute atomic E-state index is 12.1. The molecular weight excluding hydrogens is 278 g/mol. The highest BCUT2D eigenvalue weighted by molar-refractivity contribution is 5.00. The van der Waals surface area contributed by atoms with Crippen molar-refractivity contribution in [1.82, 2.24) is 14.5 Å². The lowest BCUT2D eigenvalue weighted by Crippen LogP contribution is -2.40. The van der Waals surface area contributed by atoms with Crippen LogP contribution in [0.1, 0.15) is 31.2 Å². The number of nitrogens with zero attached hydrogens (tertiary/aromatic N) is 3. The van der Waals surface area contributed by atoms with Gasteiger partial charge in [-0.15, -0.1) is 0 Å². The van der Waals surface area contributed by atoms with E-state index in [0.717, 1.165) is 44.3 Å². The molecule has 1 aromatic rings. The average molecular weight is 305 g/mol. The number of hydrogen-bond acceptors (Lipinski definition) is 4. The van der Waals surface area contributed by atoms with Crippen molar-refractivity contribution in [3.05, 3.63) is 28.4 Å².